The molecule has 0 amide bonds. The lowest BCUT2D eigenvalue weighted by Gasteiger charge is -2.55. The van der Waals surface area contributed by atoms with Crippen LogP contribution in [-0.2, 0) is 23.9 Å². The number of carbonyl (C=O) groups is 3. The summed E-state index contributed by atoms with van der Waals surface area (Å²) in [4.78, 5) is 38.2. The molecule has 0 N–H and O–H groups in total. The number of hydrogen-bond donors (Lipinski definition) is 0. The maximum atomic E-state index is 12.9. The predicted octanol–water partition coefficient (Wildman–Crippen LogP) is 2.00. The van der Waals surface area contributed by atoms with Gasteiger partial charge in [0.1, 0.15) is 6.10 Å². The van der Waals surface area contributed by atoms with Crippen LogP contribution in [0.4, 0.5) is 0 Å². The third-order valence-electron chi connectivity index (χ3n) is 8.33. The molecule has 5 nitrogen and oxygen atoms in total. The Balaban J connectivity index is 1.64. The fourth-order valence-corrected chi connectivity index (χ4v) is 7.51. The molecule has 4 aliphatic carbocycles. The molecule has 6 aliphatic rings. The molecule has 2 saturated carbocycles. The lowest BCUT2D eigenvalue weighted by atomic mass is 9.48. The van der Waals surface area contributed by atoms with E-state index >= 15 is 0 Å². The first-order valence-corrected chi connectivity index (χ1v) is 9.87. The molecule has 2 saturated heterocycles. The van der Waals surface area contributed by atoms with Crippen LogP contribution in [0.5, 0.6) is 0 Å². The van der Waals surface area contributed by atoms with Crippen molar-refractivity contribution in [3.05, 3.63) is 23.3 Å². The van der Waals surface area contributed by atoms with Gasteiger partial charge in [-0.05, 0) is 55.6 Å². The molecule has 8 atom stereocenters. The Morgan fingerprint density at radius 2 is 1.81 bits per heavy atom. The van der Waals surface area contributed by atoms with E-state index < -0.39 is 6.10 Å². The highest BCUT2D eigenvalue weighted by Crippen LogP contribution is 2.70. The normalized spacial score (nSPS) is 51.1. The van der Waals surface area contributed by atoms with Crippen molar-refractivity contribution < 1.29 is 23.9 Å². The molecule has 136 valence electrons. The summed E-state index contributed by atoms with van der Waals surface area (Å²) in [6.45, 7) is 2.86. The molecule has 2 bridgehead atoms. The van der Waals surface area contributed by atoms with Gasteiger partial charge in [-0.25, -0.2) is 0 Å². The fourth-order valence-electron chi connectivity index (χ4n) is 7.51. The van der Waals surface area contributed by atoms with Gasteiger partial charge >= 0.3 is 5.97 Å². The molecule has 6 rings (SSSR count). The van der Waals surface area contributed by atoms with Gasteiger partial charge in [-0.15, -0.1) is 0 Å². The summed E-state index contributed by atoms with van der Waals surface area (Å²) >= 11 is 0. The lowest BCUT2D eigenvalue weighted by molar-refractivity contribution is -0.143. The van der Waals surface area contributed by atoms with Gasteiger partial charge in [-0.1, -0.05) is 6.92 Å². The minimum absolute atomic E-state index is 0.0175. The van der Waals surface area contributed by atoms with Crippen LogP contribution in [-0.4, -0.2) is 36.4 Å². The Hall–Kier alpha value is -1.75. The zero-order chi connectivity index (χ0) is 17.8. The second-order valence-electron chi connectivity index (χ2n) is 9.07. The Labute approximate surface area is 151 Å². The van der Waals surface area contributed by atoms with Gasteiger partial charge in [0, 0.05) is 22.5 Å². The number of allylic oxidation sites excluding steroid dienone is 2. The minimum Gasteiger partial charge on any atom is -0.457 e. The maximum Gasteiger partial charge on any atom is 0.310 e. The summed E-state index contributed by atoms with van der Waals surface area (Å²) in [6, 6.07) is 0. The van der Waals surface area contributed by atoms with Crippen LogP contribution in [0.2, 0.25) is 0 Å². The van der Waals surface area contributed by atoms with Gasteiger partial charge in [0.15, 0.2) is 11.6 Å². The van der Waals surface area contributed by atoms with E-state index in [2.05, 4.69) is 6.92 Å². The second kappa shape index (κ2) is 4.75. The number of rotatable bonds is 0. The van der Waals surface area contributed by atoms with Crippen LogP contribution >= 0.6 is 0 Å². The topological polar surface area (TPSA) is 69.7 Å². The van der Waals surface area contributed by atoms with E-state index in [0.717, 1.165) is 25.7 Å². The highest BCUT2D eigenvalue weighted by molar-refractivity contribution is 6.21. The number of carbonyl (C=O) groups excluding carboxylic acids is 3. The highest BCUT2D eigenvalue weighted by atomic mass is 16.6. The molecule has 1 spiro atoms. The quantitative estimate of drug-likeness (QED) is 0.492. The molecule has 0 unspecified atom stereocenters. The van der Waals surface area contributed by atoms with Crippen LogP contribution in [0.3, 0.4) is 0 Å². The molecular weight excluding hydrogens is 332 g/mol. The van der Waals surface area contributed by atoms with Crippen molar-refractivity contribution in [1.29, 1.82) is 0 Å². The summed E-state index contributed by atoms with van der Waals surface area (Å²) < 4.78 is 12.2. The molecule has 0 aromatic rings. The number of esters is 1. The van der Waals surface area contributed by atoms with Crippen LogP contribution < -0.4 is 0 Å². The third kappa shape index (κ3) is 1.52. The zero-order valence-electron chi connectivity index (χ0n) is 14.8. The summed E-state index contributed by atoms with van der Waals surface area (Å²) in [7, 11) is 0. The van der Waals surface area contributed by atoms with E-state index in [9.17, 15) is 14.4 Å². The number of hydrogen-bond acceptors (Lipinski definition) is 5. The van der Waals surface area contributed by atoms with Crippen molar-refractivity contribution in [3.8, 4) is 0 Å². The first-order valence-electron chi connectivity index (χ1n) is 9.87. The van der Waals surface area contributed by atoms with Crippen molar-refractivity contribution >= 4 is 17.5 Å². The largest absolute Gasteiger partial charge is 0.457 e. The Kier molecular flexibility index (Phi) is 2.80. The van der Waals surface area contributed by atoms with E-state index in [-0.39, 0.29) is 40.9 Å². The van der Waals surface area contributed by atoms with E-state index in [0.29, 0.717) is 35.5 Å². The van der Waals surface area contributed by atoms with Crippen molar-refractivity contribution in [2.75, 3.05) is 6.61 Å². The molecule has 2 heterocycles. The standard InChI is InChI=1S/C21H22O5/c1-9-8-25-19-16-14(23)5-4-13(22)15(16)18-17-11(20(24)26-18)2-3-12-10(9)6-7-21(12,17)19/h4-5,9-12,17-19H,2-3,6-8H2,1H3/t9-,10-,11-,12+,17-,18-,19-,21-/m1/s1. The molecule has 0 aromatic heterocycles. The summed E-state index contributed by atoms with van der Waals surface area (Å²) in [5.74, 6) is 0.775. The van der Waals surface area contributed by atoms with Crippen molar-refractivity contribution in [2.45, 2.75) is 44.8 Å². The molecule has 5 heteroatoms. The fraction of sp³-hybridized carbons (Fsp3) is 0.667. The highest BCUT2D eigenvalue weighted by Gasteiger charge is 2.72. The zero-order valence-corrected chi connectivity index (χ0v) is 14.8. The summed E-state index contributed by atoms with van der Waals surface area (Å²) in [6.07, 6.45) is 5.70. The average Bonchev–Trinajstić information content (AvgIpc) is 3.13. The van der Waals surface area contributed by atoms with Crippen LogP contribution in [0.15, 0.2) is 23.3 Å². The molecule has 0 aromatic carbocycles. The number of ketones is 2. The molecule has 0 radical (unpaired) electrons. The van der Waals surface area contributed by atoms with Gasteiger partial charge in [0.25, 0.3) is 0 Å². The first kappa shape index (κ1) is 15.3. The number of fused-ring (bicyclic) bond motifs is 2. The SMILES string of the molecule is C[C@@H]1CO[C@@H]2C3=C(C(=O)C=CC3=O)[C@H]3OC(=O)[C@@H]4CC[C@H]5[C@@H]1CC[C@@]25[C@@H]34. The van der Waals surface area contributed by atoms with Gasteiger partial charge in [0.2, 0.25) is 0 Å². The van der Waals surface area contributed by atoms with Gasteiger partial charge < -0.3 is 9.47 Å². The Bertz CT molecular complexity index is 822. The van der Waals surface area contributed by atoms with E-state index in [4.69, 9.17) is 9.47 Å². The monoisotopic (exact) mass is 354 g/mol. The number of ether oxygens (including phenoxy) is 2. The molecule has 26 heavy (non-hydrogen) atoms. The first-order chi connectivity index (χ1) is 12.5. The molecule has 4 fully saturated rings. The van der Waals surface area contributed by atoms with Gasteiger partial charge in [-0.2, -0.15) is 0 Å². The predicted molar refractivity (Wildman–Crippen MR) is 89.8 cm³/mol. The van der Waals surface area contributed by atoms with E-state index in [1.165, 1.54) is 12.2 Å². The summed E-state index contributed by atoms with van der Waals surface area (Å²) in [5, 5.41) is 0. The average molecular weight is 354 g/mol. The Morgan fingerprint density at radius 1 is 1.04 bits per heavy atom. The molecular formula is C21H22O5. The second-order valence-corrected chi connectivity index (χ2v) is 9.07. The maximum absolute atomic E-state index is 12.9. The van der Waals surface area contributed by atoms with Crippen molar-refractivity contribution in [1.82, 2.24) is 0 Å². The van der Waals surface area contributed by atoms with Crippen molar-refractivity contribution in [2.24, 2.45) is 35.0 Å². The van der Waals surface area contributed by atoms with E-state index in [1.54, 1.807) is 0 Å². The molecule has 2 aliphatic heterocycles. The summed E-state index contributed by atoms with van der Waals surface area (Å²) in [5.41, 5.74) is 0.677. The minimum atomic E-state index is -0.557. The third-order valence-corrected chi connectivity index (χ3v) is 8.33. The Morgan fingerprint density at radius 3 is 2.62 bits per heavy atom. The van der Waals surface area contributed by atoms with Crippen molar-refractivity contribution in [3.63, 3.8) is 0 Å². The van der Waals surface area contributed by atoms with Gasteiger partial charge in [-0.3, -0.25) is 14.4 Å². The van der Waals surface area contributed by atoms with Crippen LogP contribution in [0.25, 0.3) is 0 Å². The van der Waals surface area contributed by atoms with E-state index in [1.807, 2.05) is 0 Å². The van der Waals surface area contributed by atoms with Crippen LogP contribution in [0, 0.1) is 35.0 Å². The van der Waals surface area contributed by atoms with Gasteiger partial charge in [0.05, 0.1) is 18.6 Å². The lowest BCUT2D eigenvalue weighted by Crippen LogP contribution is -2.59. The smallest absolute Gasteiger partial charge is 0.310 e. The van der Waals surface area contributed by atoms with Crippen LogP contribution in [0.1, 0.15) is 32.6 Å².